The van der Waals surface area contributed by atoms with Gasteiger partial charge in [0.2, 0.25) is 0 Å². The summed E-state index contributed by atoms with van der Waals surface area (Å²) >= 11 is 13.3. The van der Waals surface area contributed by atoms with E-state index in [1.165, 1.54) is 88.7 Å². The van der Waals surface area contributed by atoms with Gasteiger partial charge >= 0.3 is 120 Å². The predicted molar refractivity (Wildman–Crippen MR) is 224 cm³/mol. The molecule has 8 rings (SSSR count). The maximum Gasteiger partial charge on any atom is -1.00 e. The Balaban J connectivity index is 0.000000205. The molecular weight excluding hydrogens is 822 g/mol. The van der Waals surface area contributed by atoms with Crippen molar-refractivity contribution in [1.29, 1.82) is 0 Å². The first kappa shape index (κ1) is 44.2. The third kappa shape index (κ3) is 9.53. The fourth-order valence-corrected chi connectivity index (χ4v) is 8.65. The summed E-state index contributed by atoms with van der Waals surface area (Å²) in [5.41, 5.74) is 19.0. The Morgan fingerprint density at radius 2 is 1.24 bits per heavy atom. The summed E-state index contributed by atoms with van der Waals surface area (Å²) in [6.07, 6.45) is 9.28. The van der Waals surface area contributed by atoms with E-state index in [4.69, 9.17) is 23.2 Å². The van der Waals surface area contributed by atoms with E-state index in [0.717, 1.165) is 34.0 Å². The van der Waals surface area contributed by atoms with Crippen molar-refractivity contribution < 1.29 is 49.0 Å². The van der Waals surface area contributed by atoms with Crippen LogP contribution in [-0.4, -0.2) is 3.21 Å². The van der Waals surface area contributed by atoms with Gasteiger partial charge in [0.15, 0.2) is 0 Å². The van der Waals surface area contributed by atoms with Gasteiger partial charge in [-0.05, 0) is 70.2 Å². The Labute approximate surface area is 362 Å². The molecule has 3 aliphatic rings. The van der Waals surface area contributed by atoms with Crippen LogP contribution in [0.5, 0.6) is 0 Å². The molecule has 0 nitrogen and oxygen atoms in total. The van der Waals surface area contributed by atoms with Crippen molar-refractivity contribution in [1.82, 2.24) is 0 Å². The molecule has 0 aliphatic heterocycles. The Morgan fingerprint density at radius 3 is 1.72 bits per heavy atom. The molecule has 0 saturated carbocycles. The molecule has 0 heterocycles. The van der Waals surface area contributed by atoms with Crippen LogP contribution in [0.4, 0.5) is 0 Å². The van der Waals surface area contributed by atoms with Crippen LogP contribution in [-0.2, 0) is 46.9 Å². The van der Waals surface area contributed by atoms with Crippen LogP contribution in [0, 0.1) is 6.42 Å². The van der Waals surface area contributed by atoms with Gasteiger partial charge in [-0.2, -0.15) is 29.3 Å². The minimum Gasteiger partial charge on any atom is -1.00 e. The molecule has 0 bridgehead atoms. The summed E-state index contributed by atoms with van der Waals surface area (Å²) in [5.74, 6) is 0. The first-order valence-corrected chi connectivity index (χ1v) is 20.3. The van der Waals surface area contributed by atoms with E-state index in [9.17, 15) is 0 Å². The molecule has 0 saturated heterocycles. The van der Waals surface area contributed by atoms with Crippen molar-refractivity contribution in [2.45, 2.75) is 91.4 Å². The van der Waals surface area contributed by atoms with Gasteiger partial charge in [0.05, 0.1) is 0 Å². The van der Waals surface area contributed by atoms with E-state index < -0.39 is 0 Å². The van der Waals surface area contributed by atoms with Crippen molar-refractivity contribution in [2.75, 3.05) is 0 Å². The largest absolute Gasteiger partial charge is 1.00 e. The summed E-state index contributed by atoms with van der Waals surface area (Å²) < 4.78 is 1.26. The molecule has 280 valence electrons. The van der Waals surface area contributed by atoms with E-state index in [-0.39, 0.29) is 35.6 Å². The molecule has 0 spiro atoms. The van der Waals surface area contributed by atoms with Crippen molar-refractivity contribution in [2.24, 2.45) is 0 Å². The summed E-state index contributed by atoms with van der Waals surface area (Å²) in [6.45, 7) is 20.6. The zero-order valence-electron chi connectivity index (χ0n) is 32.9. The van der Waals surface area contributed by atoms with E-state index in [0.29, 0.717) is 5.41 Å². The van der Waals surface area contributed by atoms with Crippen molar-refractivity contribution in [3.05, 3.63) is 176 Å². The number of halogens is 4. The summed E-state index contributed by atoms with van der Waals surface area (Å²) in [6, 6.07) is 34.2. The average Bonchev–Trinajstić information content (AvgIpc) is 3.77. The van der Waals surface area contributed by atoms with Gasteiger partial charge in [-0.1, -0.05) is 89.1 Å². The van der Waals surface area contributed by atoms with E-state index >= 15 is 0 Å². The molecule has 5 heteroatoms. The topological polar surface area (TPSA) is 0 Å². The molecule has 3 aliphatic carbocycles. The molecule has 0 unspecified atom stereocenters. The Bertz CT molecular complexity index is 2070. The minimum atomic E-state index is 0. The smallest absolute Gasteiger partial charge is 1.00 e. The van der Waals surface area contributed by atoms with Gasteiger partial charge in [-0.3, -0.25) is 0 Å². The monoisotopic (exact) mass is 868 g/mol. The fourth-order valence-electron chi connectivity index (χ4n) is 7.50. The minimum absolute atomic E-state index is 0. The molecule has 5 aromatic carbocycles. The van der Waals surface area contributed by atoms with Crippen LogP contribution in [0.2, 0.25) is 10.0 Å². The van der Waals surface area contributed by atoms with Gasteiger partial charge in [0, 0.05) is 0 Å². The van der Waals surface area contributed by atoms with Crippen LogP contribution >= 0.6 is 23.2 Å². The second-order valence-corrected chi connectivity index (χ2v) is 18.9. The first-order chi connectivity index (χ1) is 24.4. The maximum atomic E-state index is 5.98. The number of allylic oxidation sites excluding steroid dienone is 4. The third-order valence-corrected chi connectivity index (χ3v) is 12.7. The molecule has 0 N–H and O–H groups in total. The van der Waals surface area contributed by atoms with Gasteiger partial charge in [0.25, 0.3) is 0 Å². The van der Waals surface area contributed by atoms with Gasteiger partial charge < -0.3 is 24.8 Å². The molecule has 5 aromatic rings. The van der Waals surface area contributed by atoms with Crippen LogP contribution in [0.1, 0.15) is 119 Å². The van der Waals surface area contributed by atoms with Crippen LogP contribution in [0.3, 0.4) is 0 Å². The number of rotatable bonds is 2. The van der Waals surface area contributed by atoms with E-state index in [1.54, 1.807) is 0 Å². The summed E-state index contributed by atoms with van der Waals surface area (Å²) in [5, 5.41) is 1.53. The summed E-state index contributed by atoms with van der Waals surface area (Å²) in [4.78, 5) is 0. The number of hydrogen-bond donors (Lipinski definition) is 0. The van der Waals surface area contributed by atoms with E-state index in [2.05, 4.69) is 142 Å². The van der Waals surface area contributed by atoms with Gasteiger partial charge in [0.1, 0.15) is 0 Å². The predicted octanol–water partition coefficient (Wildman–Crippen LogP) is 8.06. The van der Waals surface area contributed by atoms with Gasteiger partial charge in [-0.15, -0.1) is 12.5 Å². The van der Waals surface area contributed by atoms with Crippen LogP contribution < -0.4 is 24.8 Å². The van der Waals surface area contributed by atoms with Crippen LogP contribution in [0.25, 0.3) is 22.3 Å². The quantitative estimate of drug-likeness (QED) is 0.155. The normalized spacial score (nSPS) is 15.3. The molecule has 0 amide bonds. The van der Waals surface area contributed by atoms with Crippen molar-refractivity contribution in [3.8, 4) is 11.1 Å². The zero-order valence-corrected chi connectivity index (χ0v) is 38.4. The number of fused-ring (bicyclic) bond motifs is 5. The fraction of sp³-hybridized carbons (Fsp3) is 0.286. The maximum absolute atomic E-state index is 5.98. The Morgan fingerprint density at radius 1 is 0.704 bits per heavy atom. The molecule has 0 atom stereocenters. The molecule has 0 aromatic heterocycles. The van der Waals surface area contributed by atoms with Crippen LogP contribution in [0.15, 0.2) is 109 Å². The van der Waals surface area contributed by atoms with Gasteiger partial charge in [-0.25, -0.2) is 18.6 Å². The van der Waals surface area contributed by atoms with Crippen molar-refractivity contribution in [3.63, 3.8) is 0 Å². The first-order valence-electron chi connectivity index (χ1n) is 18.3. The second kappa shape index (κ2) is 17.3. The molecule has 0 radical (unpaired) electrons. The Hall–Kier alpha value is -2.51. The number of hydrogen-bond acceptors (Lipinski definition) is 0. The number of benzene rings is 4. The second-order valence-electron chi connectivity index (χ2n) is 16.8. The molecule has 54 heavy (non-hydrogen) atoms. The molecule has 0 fully saturated rings. The van der Waals surface area contributed by atoms with E-state index in [1.807, 2.05) is 36.4 Å². The van der Waals surface area contributed by atoms with Crippen molar-refractivity contribution >= 4 is 37.6 Å². The molecular formula is C49H50Cl4Zr-2. The third-order valence-electron chi connectivity index (χ3n) is 10.9. The standard InChI is InChI=1S/C27H29.C13H8Cl2.C9H13.2ClH.Zr/c1-16-7-9-26(3,4)24-12-18-11-19-13-25-21(17(2)8-10-27(25,5)6)15-23(19)22(18)14-20(16)24;14-12-5-1-3-10(8-12)7-11-4-2-6-13(15)9-11;1-9(2,3)8-6-4-5-7-8;;;/h7-9,12-15H,10-11H2,1-6H3;1-6,8-9H;4-7H,1-3H3;2*1H;/q-1;;-1;;;+2/p-2. The SMILES string of the molecule is CC(C)(C)c1cc[cH-]c1.CC1=C[CH-]C(C)(C)c2cc3c(cc21)-c1cc2c(cc1C3)C(C)(C)CC=C2C.Clc1cccc([C](=[Zr+2])c2cccc(Cl)c2)c1.[Cl-].[Cl-]. The Kier molecular flexibility index (Phi) is 14.2. The summed E-state index contributed by atoms with van der Waals surface area (Å²) in [7, 11) is 0. The zero-order chi connectivity index (χ0) is 37.6. The average molecular weight is 872 g/mol.